The van der Waals surface area contributed by atoms with Crippen molar-refractivity contribution in [2.45, 2.75) is 13.3 Å². The van der Waals surface area contributed by atoms with Crippen molar-refractivity contribution in [2.75, 3.05) is 31.6 Å². The predicted octanol–water partition coefficient (Wildman–Crippen LogP) is 2.26. The highest BCUT2D eigenvalue weighted by Gasteiger charge is 2.34. The Morgan fingerprint density at radius 1 is 1.50 bits per heavy atom. The zero-order valence-corrected chi connectivity index (χ0v) is 10.9. The van der Waals surface area contributed by atoms with Gasteiger partial charge in [0.2, 0.25) is 0 Å². The lowest BCUT2D eigenvalue weighted by molar-refractivity contribution is 0.356. The molecule has 3 rings (SSSR count). The molecule has 1 aliphatic rings. The standard InChI is InChI=1S/C14H19N3O/c1-14(9-15-2)5-7-17(10-14)13-11-4-8-18-12(11)3-6-16-13/h3-4,6,8,15H,5,7,9-10H2,1-2H3. The summed E-state index contributed by atoms with van der Waals surface area (Å²) in [4.78, 5) is 6.90. The second-order valence-electron chi connectivity index (χ2n) is 5.48. The van der Waals surface area contributed by atoms with Gasteiger partial charge in [-0.25, -0.2) is 4.98 Å². The quantitative estimate of drug-likeness (QED) is 0.900. The summed E-state index contributed by atoms with van der Waals surface area (Å²) >= 11 is 0. The highest BCUT2D eigenvalue weighted by Crippen LogP contribution is 2.34. The minimum Gasteiger partial charge on any atom is -0.464 e. The van der Waals surface area contributed by atoms with Gasteiger partial charge in [0.15, 0.2) is 0 Å². The van der Waals surface area contributed by atoms with E-state index in [-0.39, 0.29) is 0 Å². The lowest BCUT2D eigenvalue weighted by atomic mass is 9.90. The number of aromatic nitrogens is 1. The van der Waals surface area contributed by atoms with E-state index in [0.29, 0.717) is 5.41 Å². The zero-order valence-electron chi connectivity index (χ0n) is 10.9. The molecule has 0 aliphatic carbocycles. The molecule has 1 N–H and O–H groups in total. The maximum atomic E-state index is 5.44. The number of nitrogens with one attached hydrogen (secondary N) is 1. The van der Waals surface area contributed by atoms with Crippen LogP contribution in [-0.2, 0) is 0 Å². The van der Waals surface area contributed by atoms with Crippen molar-refractivity contribution in [3.63, 3.8) is 0 Å². The van der Waals surface area contributed by atoms with Gasteiger partial charge in [-0.3, -0.25) is 0 Å². The van der Waals surface area contributed by atoms with Crippen LogP contribution in [-0.4, -0.2) is 31.7 Å². The van der Waals surface area contributed by atoms with E-state index < -0.39 is 0 Å². The second-order valence-corrected chi connectivity index (χ2v) is 5.48. The van der Waals surface area contributed by atoms with Gasteiger partial charge in [0.1, 0.15) is 11.4 Å². The van der Waals surface area contributed by atoms with Crippen molar-refractivity contribution in [1.82, 2.24) is 10.3 Å². The largest absolute Gasteiger partial charge is 0.464 e. The Hall–Kier alpha value is -1.55. The predicted molar refractivity (Wildman–Crippen MR) is 72.9 cm³/mol. The number of rotatable bonds is 3. The maximum absolute atomic E-state index is 5.44. The molecule has 1 saturated heterocycles. The fraction of sp³-hybridized carbons (Fsp3) is 0.500. The van der Waals surface area contributed by atoms with E-state index in [1.54, 1.807) is 6.26 Å². The zero-order chi connectivity index (χ0) is 12.6. The summed E-state index contributed by atoms with van der Waals surface area (Å²) in [7, 11) is 2.02. The van der Waals surface area contributed by atoms with Gasteiger partial charge in [-0.1, -0.05) is 6.92 Å². The van der Waals surface area contributed by atoms with Crippen molar-refractivity contribution in [3.05, 3.63) is 24.6 Å². The molecule has 0 spiro atoms. The molecule has 0 radical (unpaired) electrons. The summed E-state index contributed by atoms with van der Waals surface area (Å²) in [6.07, 6.45) is 4.76. The highest BCUT2D eigenvalue weighted by molar-refractivity contribution is 5.88. The summed E-state index contributed by atoms with van der Waals surface area (Å²) in [5.41, 5.74) is 1.25. The summed E-state index contributed by atoms with van der Waals surface area (Å²) < 4.78 is 5.44. The van der Waals surface area contributed by atoms with Crippen molar-refractivity contribution < 1.29 is 4.42 Å². The summed E-state index contributed by atoms with van der Waals surface area (Å²) in [5, 5.41) is 4.41. The fourth-order valence-corrected chi connectivity index (χ4v) is 2.91. The van der Waals surface area contributed by atoms with Crippen molar-refractivity contribution in [2.24, 2.45) is 5.41 Å². The summed E-state index contributed by atoms with van der Waals surface area (Å²) in [6.45, 7) is 5.49. The van der Waals surface area contributed by atoms with E-state index in [2.05, 4.69) is 22.1 Å². The third kappa shape index (κ3) is 1.86. The normalized spacial score (nSPS) is 24.0. The molecule has 1 fully saturated rings. The van der Waals surface area contributed by atoms with Gasteiger partial charge in [-0.05, 0) is 31.0 Å². The monoisotopic (exact) mass is 245 g/mol. The van der Waals surface area contributed by atoms with Crippen molar-refractivity contribution in [1.29, 1.82) is 0 Å². The number of anilines is 1. The Balaban J connectivity index is 1.90. The van der Waals surface area contributed by atoms with E-state index in [9.17, 15) is 0 Å². The Labute approximate surface area is 107 Å². The summed E-state index contributed by atoms with van der Waals surface area (Å²) in [5.74, 6) is 1.06. The van der Waals surface area contributed by atoms with Crippen LogP contribution < -0.4 is 10.2 Å². The number of pyridine rings is 1. The van der Waals surface area contributed by atoms with Gasteiger partial charge in [0, 0.05) is 25.8 Å². The second kappa shape index (κ2) is 4.28. The SMILES string of the molecule is CNCC1(C)CCN(c2nccc3occc23)C1. The summed E-state index contributed by atoms with van der Waals surface area (Å²) in [6, 6.07) is 3.92. The van der Waals surface area contributed by atoms with Crippen LogP contribution in [0.15, 0.2) is 29.0 Å². The topological polar surface area (TPSA) is 41.3 Å². The molecule has 0 aromatic carbocycles. The van der Waals surface area contributed by atoms with Crippen LogP contribution >= 0.6 is 0 Å². The maximum Gasteiger partial charge on any atom is 0.139 e. The van der Waals surface area contributed by atoms with Gasteiger partial charge in [-0.15, -0.1) is 0 Å². The first-order valence-electron chi connectivity index (χ1n) is 6.44. The first-order valence-corrected chi connectivity index (χ1v) is 6.44. The van der Waals surface area contributed by atoms with Crippen LogP contribution in [0.5, 0.6) is 0 Å². The van der Waals surface area contributed by atoms with Crippen LogP contribution in [0.4, 0.5) is 5.82 Å². The van der Waals surface area contributed by atoms with E-state index in [1.807, 2.05) is 25.4 Å². The Kier molecular flexibility index (Phi) is 2.74. The lowest BCUT2D eigenvalue weighted by Gasteiger charge is -2.24. The number of fused-ring (bicyclic) bond motifs is 1. The average molecular weight is 245 g/mol. The van der Waals surface area contributed by atoms with Gasteiger partial charge in [0.25, 0.3) is 0 Å². The minimum atomic E-state index is 0.336. The number of nitrogens with zero attached hydrogens (tertiary/aromatic N) is 2. The van der Waals surface area contributed by atoms with Gasteiger partial charge in [0.05, 0.1) is 11.6 Å². The highest BCUT2D eigenvalue weighted by atomic mass is 16.3. The van der Waals surface area contributed by atoms with Crippen LogP contribution in [0.2, 0.25) is 0 Å². The van der Waals surface area contributed by atoms with Gasteiger partial charge in [-0.2, -0.15) is 0 Å². The number of furan rings is 1. The average Bonchev–Trinajstić information content (AvgIpc) is 2.95. The first-order chi connectivity index (χ1) is 8.72. The molecule has 0 bridgehead atoms. The lowest BCUT2D eigenvalue weighted by Crippen LogP contribution is -2.33. The molecule has 4 nitrogen and oxygen atoms in total. The molecular formula is C14H19N3O. The van der Waals surface area contributed by atoms with Crippen LogP contribution in [0.1, 0.15) is 13.3 Å². The molecule has 4 heteroatoms. The van der Waals surface area contributed by atoms with E-state index in [4.69, 9.17) is 4.42 Å². The first kappa shape index (κ1) is 11.5. The molecule has 1 unspecified atom stereocenters. The third-order valence-electron chi connectivity index (χ3n) is 3.82. The molecule has 2 aromatic heterocycles. The fourth-order valence-electron chi connectivity index (χ4n) is 2.91. The van der Waals surface area contributed by atoms with Gasteiger partial charge < -0.3 is 14.6 Å². The number of hydrogen-bond donors (Lipinski definition) is 1. The van der Waals surface area contributed by atoms with Crippen molar-refractivity contribution in [3.8, 4) is 0 Å². The van der Waals surface area contributed by atoms with Gasteiger partial charge >= 0.3 is 0 Å². The van der Waals surface area contributed by atoms with Crippen LogP contribution in [0, 0.1) is 5.41 Å². The molecule has 0 amide bonds. The van der Waals surface area contributed by atoms with Crippen LogP contribution in [0.3, 0.4) is 0 Å². The van der Waals surface area contributed by atoms with E-state index in [1.165, 1.54) is 6.42 Å². The molecule has 0 saturated carbocycles. The minimum absolute atomic E-state index is 0.336. The van der Waals surface area contributed by atoms with E-state index in [0.717, 1.165) is 36.4 Å². The molecule has 96 valence electrons. The third-order valence-corrected chi connectivity index (χ3v) is 3.82. The molecule has 3 heterocycles. The smallest absolute Gasteiger partial charge is 0.139 e. The van der Waals surface area contributed by atoms with Crippen molar-refractivity contribution >= 4 is 16.8 Å². The molecule has 18 heavy (non-hydrogen) atoms. The molecular weight excluding hydrogens is 226 g/mol. The molecule has 1 aliphatic heterocycles. The Morgan fingerprint density at radius 3 is 3.22 bits per heavy atom. The molecule has 2 aromatic rings. The Morgan fingerprint density at radius 2 is 2.39 bits per heavy atom. The Bertz CT molecular complexity index is 551. The van der Waals surface area contributed by atoms with E-state index >= 15 is 0 Å². The number of hydrogen-bond acceptors (Lipinski definition) is 4. The molecule has 1 atom stereocenters. The van der Waals surface area contributed by atoms with Crippen LogP contribution in [0.25, 0.3) is 11.0 Å².